The van der Waals surface area contributed by atoms with E-state index in [1.807, 2.05) is 51.1 Å². The first-order chi connectivity index (χ1) is 16.2. The molecule has 1 N–H and O–H groups in total. The van der Waals surface area contributed by atoms with Crippen LogP contribution in [0.2, 0.25) is 0 Å². The first kappa shape index (κ1) is 25.3. The molecule has 0 aromatic heterocycles. The minimum absolute atomic E-state index is 0.242. The number of carbonyl (C=O) groups is 2. The van der Waals surface area contributed by atoms with Crippen LogP contribution in [0.25, 0.3) is 16.0 Å². The predicted molar refractivity (Wildman–Crippen MR) is 132 cm³/mol. The Hall–Kier alpha value is -3.37. The van der Waals surface area contributed by atoms with Crippen molar-refractivity contribution in [2.75, 3.05) is 26.7 Å². The summed E-state index contributed by atoms with van der Waals surface area (Å²) in [6.45, 7) is 15.7. The second-order valence-electron chi connectivity index (χ2n) is 9.61. The van der Waals surface area contributed by atoms with E-state index in [9.17, 15) is 9.59 Å². The highest BCUT2D eigenvalue weighted by Crippen LogP contribution is 2.27. The van der Waals surface area contributed by atoms with E-state index < -0.39 is 5.60 Å². The molecule has 3 rings (SSSR count). The van der Waals surface area contributed by atoms with Crippen LogP contribution >= 0.6 is 0 Å². The lowest BCUT2D eigenvalue weighted by Crippen LogP contribution is -2.43. The molecular weight excluding hydrogens is 430 g/mol. The maximum absolute atomic E-state index is 12.3. The second-order valence-corrected chi connectivity index (χ2v) is 9.61. The molecule has 1 aliphatic rings. The minimum Gasteiger partial charge on any atom is -0.465 e. The highest BCUT2D eigenvalue weighted by molar-refractivity contribution is 5.91. The molecule has 0 atom stereocenters. The van der Waals surface area contributed by atoms with Crippen LogP contribution in [0.5, 0.6) is 0 Å². The van der Waals surface area contributed by atoms with Crippen LogP contribution in [0, 0.1) is 12.5 Å². The van der Waals surface area contributed by atoms with E-state index in [-0.39, 0.29) is 12.1 Å². The molecule has 0 bridgehead atoms. The zero-order valence-electron chi connectivity index (χ0n) is 20.4. The monoisotopic (exact) mass is 463 g/mol. The number of amides is 1. The predicted octanol–water partition coefficient (Wildman–Crippen LogP) is 5.43. The van der Waals surface area contributed by atoms with Gasteiger partial charge in [0.05, 0.1) is 19.2 Å². The van der Waals surface area contributed by atoms with Gasteiger partial charge >= 0.3 is 12.1 Å². The molecule has 34 heavy (non-hydrogen) atoms. The molecule has 1 heterocycles. The average molecular weight is 464 g/mol. The molecule has 7 heteroatoms. The van der Waals surface area contributed by atoms with Crippen LogP contribution < -0.4 is 5.32 Å². The summed E-state index contributed by atoms with van der Waals surface area (Å²) in [6.07, 6.45) is 1.60. The van der Waals surface area contributed by atoms with Gasteiger partial charge in [0, 0.05) is 19.6 Å². The van der Waals surface area contributed by atoms with Crippen LogP contribution in [-0.4, -0.2) is 49.3 Å². The van der Waals surface area contributed by atoms with E-state index in [0.29, 0.717) is 36.8 Å². The fourth-order valence-corrected chi connectivity index (χ4v) is 4.02. The zero-order valence-corrected chi connectivity index (χ0v) is 20.4. The number of nitrogens with zero attached hydrogens (tertiary/aromatic N) is 2. The van der Waals surface area contributed by atoms with Gasteiger partial charge in [0.2, 0.25) is 0 Å². The summed E-state index contributed by atoms with van der Waals surface area (Å²) in [5, 5.41) is 3.50. The minimum atomic E-state index is -0.482. The van der Waals surface area contributed by atoms with Gasteiger partial charge in [-0.3, -0.25) is 0 Å². The molecule has 2 aromatic carbocycles. The molecule has 2 aromatic rings. The number of nitrogens with one attached hydrogen (secondary N) is 1. The quantitative estimate of drug-likeness (QED) is 0.457. The Kier molecular flexibility index (Phi) is 8.30. The smallest absolute Gasteiger partial charge is 0.410 e. The number of hydrogen-bond donors (Lipinski definition) is 1. The Morgan fingerprint density at radius 2 is 1.85 bits per heavy atom. The normalized spacial score (nSPS) is 14.4. The molecule has 0 saturated carbocycles. The Balaban J connectivity index is 1.61. The summed E-state index contributed by atoms with van der Waals surface area (Å²) in [5.41, 5.74) is 3.28. The van der Waals surface area contributed by atoms with E-state index in [1.165, 1.54) is 7.11 Å². The topological polar surface area (TPSA) is 72.2 Å². The largest absolute Gasteiger partial charge is 0.465 e. The number of benzene rings is 2. The van der Waals surface area contributed by atoms with Crippen LogP contribution in [0.3, 0.4) is 0 Å². The van der Waals surface area contributed by atoms with Crippen molar-refractivity contribution in [1.29, 1.82) is 0 Å². The van der Waals surface area contributed by atoms with Gasteiger partial charge in [0.25, 0.3) is 0 Å². The van der Waals surface area contributed by atoms with E-state index in [0.717, 1.165) is 36.1 Å². The molecule has 0 unspecified atom stereocenters. The number of hydrogen-bond acceptors (Lipinski definition) is 5. The molecule has 1 fully saturated rings. The molecule has 7 nitrogen and oxygen atoms in total. The Morgan fingerprint density at radius 3 is 2.50 bits per heavy atom. The van der Waals surface area contributed by atoms with E-state index >= 15 is 0 Å². The first-order valence-electron chi connectivity index (χ1n) is 11.6. The number of likely N-dealkylation sites (tertiary alicyclic amines) is 1. The molecular formula is C27H33N3O4. The van der Waals surface area contributed by atoms with Crippen LogP contribution in [-0.2, 0) is 16.0 Å². The second kappa shape index (κ2) is 11.2. The Labute approximate surface area is 201 Å². The van der Waals surface area contributed by atoms with Gasteiger partial charge in [0.15, 0.2) is 5.69 Å². The van der Waals surface area contributed by atoms with Gasteiger partial charge in [-0.2, -0.15) is 0 Å². The number of esters is 1. The maximum Gasteiger partial charge on any atom is 0.410 e. The third-order valence-corrected chi connectivity index (χ3v) is 5.75. The van der Waals surface area contributed by atoms with Crippen molar-refractivity contribution in [1.82, 2.24) is 10.2 Å². The molecule has 0 radical (unpaired) electrons. The average Bonchev–Trinajstić information content (AvgIpc) is 2.82. The van der Waals surface area contributed by atoms with Crippen molar-refractivity contribution in [3.05, 3.63) is 65.0 Å². The van der Waals surface area contributed by atoms with Gasteiger partial charge in [0.1, 0.15) is 5.60 Å². The summed E-state index contributed by atoms with van der Waals surface area (Å²) in [6, 6.07) is 13.0. The standard InChI is InChI=1S/C27H33N3O4/c1-27(2,3)34-26(32)30-11-9-19(10-12-30)17-29-18-20-13-22(15-23(14-20)25(31)33-5)21-7-6-8-24(16-21)28-4/h6-8,13-16,19,29H,9-12,17-18H2,1-3,5H3. The summed E-state index contributed by atoms with van der Waals surface area (Å²) in [5.74, 6) is 0.0799. The number of rotatable bonds is 6. The van der Waals surface area contributed by atoms with Gasteiger partial charge < -0.3 is 19.7 Å². The van der Waals surface area contributed by atoms with Crippen LogP contribution in [0.15, 0.2) is 42.5 Å². The molecule has 1 saturated heterocycles. The molecule has 0 aliphatic carbocycles. The Bertz CT molecular complexity index is 1060. The maximum atomic E-state index is 12.3. The van der Waals surface area contributed by atoms with Crippen molar-refractivity contribution < 1.29 is 19.1 Å². The van der Waals surface area contributed by atoms with Crippen molar-refractivity contribution in [2.45, 2.75) is 45.8 Å². The number of ether oxygens (including phenoxy) is 2. The fraction of sp³-hybridized carbons (Fsp3) is 0.444. The number of piperidine rings is 1. The summed E-state index contributed by atoms with van der Waals surface area (Å²) < 4.78 is 10.4. The highest BCUT2D eigenvalue weighted by atomic mass is 16.6. The van der Waals surface area contributed by atoms with Gasteiger partial charge in [-0.05, 0) is 87.0 Å². The SMILES string of the molecule is [C-]#[N+]c1cccc(-c2cc(CNCC3CCN(C(=O)OC(C)(C)C)CC3)cc(C(=O)OC)c2)c1. The lowest BCUT2D eigenvalue weighted by molar-refractivity contribution is 0.0184. The third kappa shape index (κ3) is 7.06. The summed E-state index contributed by atoms with van der Waals surface area (Å²) >= 11 is 0. The third-order valence-electron chi connectivity index (χ3n) is 5.75. The van der Waals surface area contributed by atoms with Crippen LogP contribution in [0.1, 0.15) is 49.5 Å². The first-order valence-corrected chi connectivity index (χ1v) is 11.6. The van der Waals surface area contributed by atoms with E-state index in [4.69, 9.17) is 16.0 Å². The molecule has 1 aliphatic heterocycles. The summed E-state index contributed by atoms with van der Waals surface area (Å²) in [4.78, 5) is 29.8. The lowest BCUT2D eigenvalue weighted by Gasteiger charge is -2.33. The van der Waals surface area contributed by atoms with Gasteiger partial charge in [-0.1, -0.05) is 18.2 Å². The molecule has 180 valence electrons. The molecule has 1 amide bonds. The summed E-state index contributed by atoms with van der Waals surface area (Å²) in [7, 11) is 1.37. The fourth-order valence-electron chi connectivity index (χ4n) is 4.02. The number of methoxy groups -OCH3 is 1. The lowest BCUT2D eigenvalue weighted by atomic mass is 9.96. The van der Waals surface area contributed by atoms with Crippen molar-refractivity contribution >= 4 is 17.7 Å². The van der Waals surface area contributed by atoms with Crippen molar-refractivity contribution in [2.24, 2.45) is 5.92 Å². The molecule has 0 spiro atoms. The number of carbonyl (C=O) groups excluding carboxylic acids is 2. The van der Waals surface area contributed by atoms with Crippen molar-refractivity contribution in [3.8, 4) is 11.1 Å². The Morgan fingerprint density at radius 1 is 1.12 bits per heavy atom. The van der Waals surface area contributed by atoms with Gasteiger partial charge in [-0.15, -0.1) is 0 Å². The van der Waals surface area contributed by atoms with Crippen LogP contribution in [0.4, 0.5) is 10.5 Å². The van der Waals surface area contributed by atoms with Gasteiger partial charge in [-0.25, -0.2) is 14.4 Å². The highest BCUT2D eigenvalue weighted by Gasteiger charge is 2.26. The van der Waals surface area contributed by atoms with Crippen molar-refractivity contribution in [3.63, 3.8) is 0 Å². The van der Waals surface area contributed by atoms with E-state index in [1.54, 1.807) is 17.0 Å². The van der Waals surface area contributed by atoms with E-state index in [2.05, 4.69) is 10.2 Å². The zero-order chi connectivity index (χ0) is 24.7.